The van der Waals surface area contributed by atoms with E-state index in [0.29, 0.717) is 5.75 Å². The van der Waals surface area contributed by atoms with Gasteiger partial charge in [0.2, 0.25) is 6.17 Å². The van der Waals surface area contributed by atoms with Crippen molar-refractivity contribution in [3.05, 3.63) is 29.8 Å². The van der Waals surface area contributed by atoms with Crippen molar-refractivity contribution in [1.29, 1.82) is 0 Å². The third kappa shape index (κ3) is 4.22. The van der Waals surface area contributed by atoms with Gasteiger partial charge in [0, 0.05) is 6.42 Å². The summed E-state index contributed by atoms with van der Waals surface area (Å²) in [5, 5.41) is 0. The monoisotopic (exact) mass is 280 g/mol. The van der Waals surface area contributed by atoms with Crippen molar-refractivity contribution < 1.29 is 18.7 Å². The van der Waals surface area contributed by atoms with Crippen LogP contribution in [0.25, 0.3) is 0 Å². The van der Waals surface area contributed by atoms with Gasteiger partial charge in [-0.3, -0.25) is 0 Å². The second kappa shape index (κ2) is 7.27. The fourth-order valence-corrected chi connectivity index (χ4v) is 2.47. The SMILES string of the molecule is COc1ccc(C[C@H](F)C(=O)OC2CCCCC2)cc1. The Morgan fingerprint density at radius 1 is 1.25 bits per heavy atom. The van der Waals surface area contributed by atoms with E-state index < -0.39 is 12.1 Å². The van der Waals surface area contributed by atoms with E-state index in [1.165, 1.54) is 6.42 Å². The number of carbonyl (C=O) groups excluding carboxylic acids is 1. The second-order valence-electron chi connectivity index (χ2n) is 5.22. The molecule has 2 rings (SSSR count). The maximum absolute atomic E-state index is 13.9. The van der Waals surface area contributed by atoms with Crippen LogP contribution in [0.1, 0.15) is 37.7 Å². The van der Waals surface area contributed by atoms with Crippen molar-refractivity contribution in [2.45, 2.75) is 50.8 Å². The van der Waals surface area contributed by atoms with Crippen LogP contribution in [0.5, 0.6) is 5.75 Å². The Morgan fingerprint density at radius 3 is 2.50 bits per heavy atom. The van der Waals surface area contributed by atoms with E-state index in [2.05, 4.69) is 0 Å². The first kappa shape index (κ1) is 14.8. The second-order valence-corrected chi connectivity index (χ2v) is 5.22. The number of carbonyl (C=O) groups is 1. The lowest BCUT2D eigenvalue weighted by molar-refractivity contribution is -0.156. The van der Waals surface area contributed by atoms with Crippen LogP contribution in [-0.2, 0) is 16.0 Å². The molecule has 0 aromatic heterocycles. The zero-order valence-electron chi connectivity index (χ0n) is 11.8. The predicted octanol–water partition coefficient (Wildman–Crippen LogP) is 3.45. The molecule has 1 atom stereocenters. The number of methoxy groups -OCH3 is 1. The third-order valence-electron chi connectivity index (χ3n) is 3.66. The Bertz CT molecular complexity index is 424. The minimum absolute atomic E-state index is 0.0511. The van der Waals surface area contributed by atoms with E-state index in [4.69, 9.17) is 9.47 Å². The molecule has 1 aromatic rings. The summed E-state index contributed by atoms with van der Waals surface area (Å²) in [5.41, 5.74) is 0.763. The summed E-state index contributed by atoms with van der Waals surface area (Å²) in [5.74, 6) is -0.0124. The van der Waals surface area contributed by atoms with E-state index in [0.717, 1.165) is 31.2 Å². The number of benzene rings is 1. The van der Waals surface area contributed by atoms with Gasteiger partial charge in [-0.25, -0.2) is 9.18 Å². The van der Waals surface area contributed by atoms with Crippen molar-refractivity contribution >= 4 is 5.97 Å². The van der Waals surface area contributed by atoms with E-state index in [9.17, 15) is 9.18 Å². The lowest BCUT2D eigenvalue weighted by Gasteiger charge is -2.22. The summed E-state index contributed by atoms with van der Waals surface area (Å²) in [4.78, 5) is 11.7. The Hall–Kier alpha value is -1.58. The van der Waals surface area contributed by atoms with Gasteiger partial charge in [-0.05, 0) is 43.4 Å². The van der Waals surface area contributed by atoms with Gasteiger partial charge in [0.1, 0.15) is 11.9 Å². The molecule has 1 aliphatic rings. The van der Waals surface area contributed by atoms with Gasteiger partial charge in [-0.1, -0.05) is 18.6 Å². The predicted molar refractivity (Wildman–Crippen MR) is 74.6 cm³/mol. The summed E-state index contributed by atoms with van der Waals surface area (Å²) >= 11 is 0. The minimum Gasteiger partial charge on any atom is -0.497 e. The van der Waals surface area contributed by atoms with E-state index in [1.54, 1.807) is 31.4 Å². The molecule has 0 N–H and O–H groups in total. The zero-order chi connectivity index (χ0) is 14.4. The Kier molecular flexibility index (Phi) is 5.39. The van der Waals surface area contributed by atoms with Crippen molar-refractivity contribution in [2.75, 3.05) is 7.11 Å². The first-order valence-electron chi connectivity index (χ1n) is 7.16. The van der Waals surface area contributed by atoms with Crippen LogP contribution >= 0.6 is 0 Å². The topological polar surface area (TPSA) is 35.5 Å². The molecule has 0 radical (unpaired) electrons. The number of hydrogen-bond donors (Lipinski definition) is 0. The van der Waals surface area contributed by atoms with Crippen LogP contribution in [0, 0.1) is 0 Å². The summed E-state index contributed by atoms with van der Waals surface area (Å²) in [6, 6.07) is 7.04. The third-order valence-corrected chi connectivity index (χ3v) is 3.66. The van der Waals surface area contributed by atoms with Gasteiger partial charge in [-0.15, -0.1) is 0 Å². The molecule has 110 valence electrons. The molecule has 0 amide bonds. The van der Waals surface area contributed by atoms with Crippen molar-refractivity contribution in [2.24, 2.45) is 0 Å². The van der Waals surface area contributed by atoms with Crippen LogP contribution in [0.15, 0.2) is 24.3 Å². The van der Waals surface area contributed by atoms with Crippen LogP contribution in [0.2, 0.25) is 0 Å². The highest BCUT2D eigenvalue weighted by molar-refractivity contribution is 5.75. The molecule has 0 aliphatic heterocycles. The highest BCUT2D eigenvalue weighted by atomic mass is 19.1. The number of halogens is 1. The van der Waals surface area contributed by atoms with E-state index >= 15 is 0 Å². The molecule has 1 aliphatic carbocycles. The Labute approximate surface area is 119 Å². The smallest absolute Gasteiger partial charge is 0.341 e. The van der Waals surface area contributed by atoms with Crippen LogP contribution < -0.4 is 4.74 Å². The minimum atomic E-state index is -1.59. The molecule has 1 aromatic carbocycles. The van der Waals surface area contributed by atoms with Crippen LogP contribution in [0.4, 0.5) is 4.39 Å². The number of hydrogen-bond acceptors (Lipinski definition) is 3. The molecular formula is C16H21FO3. The van der Waals surface area contributed by atoms with E-state index in [-0.39, 0.29) is 12.5 Å². The zero-order valence-corrected chi connectivity index (χ0v) is 11.8. The van der Waals surface area contributed by atoms with Crippen LogP contribution in [0.3, 0.4) is 0 Å². The first-order chi connectivity index (χ1) is 9.69. The average Bonchev–Trinajstić information content (AvgIpc) is 2.49. The quantitative estimate of drug-likeness (QED) is 0.775. The summed E-state index contributed by atoms with van der Waals surface area (Å²) < 4.78 is 24.2. The Morgan fingerprint density at radius 2 is 1.90 bits per heavy atom. The lowest BCUT2D eigenvalue weighted by Crippen LogP contribution is -2.28. The van der Waals surface area contributed by atoms with Crippen molar-refractivity contribution in [1.82, 2.24) is 0 Å². The lowest BCUT2D eigenvalue weighted by atomic mass is 9.98. The standard InChI is InChI=1S/C16H21FO3/c1-19-13-9-7-12(8-10-13)11-15(17)16(18)20-14-5-3-2-4-6-14/h7-10,14-15H,2-6,11H2,1H3/t15-/m0/s1. The van der Waals surface area contributed by atoms with Gasteiger partial charge in [0.05, 0.1) is 7.11 Å². The van der Waals surface area contributed by atoms with Gasteiger partial charge in [0.15, 0.2) is 0 Å². The molecular weight excluding hydrogens is 259 g/mol. The summed E-state index contributed by atoms with van der Waals surface area (Å²) in [7, 11) is 1.58. The molecule has 1 saturated carbocycles. The number of alkyl halides is 1. The maximum atomic E-state index is 13.9. The van der Waals surface area contributed by atoms with Gasteiger partial charge in [-0.2, -0.15) is 0 Å². The molecule has 20 heavy (non-hydrogen) atoms. The molecule has 3 nitrogen and oxygen atoms in total. The van der Waals surface area contributed by atoms with Crippen molar-refractivity contribution in [3.63, 3.8) is 0 Å². The molecule has 0 saturated heterocycles. The molecule has 0 unspecified atom stereocenters. The number of esters is 1. The molecule has 1 fully saturated rings. The molecule has 0 heterocycles. The van der Waals surface area contributed by atoms with E-state index in [1.807, 2.05) is 0 Å². The fraction of sp³-hybridized carbons (Fsp3) is 0.562. The largest absolute Gasteiger partial charge is 0.497 e. The number of rotatable bonds is 5. The van der Waals surface area contributed by atoms with Gasteiger partial charge < -0.3 is 9.47 Å². The van der Waals surface area contributed by atoms with Gasteiger partial charge >= 0.3 is 5.97 Å². The average molecular weight is 280 g/mol. The maximum Gasteiger partial charge on any atom is 0.341 e. The Balaban J connectivity index is 1.83. The molecule has 0 bridgehead atoms. The van der Waals surface area contributed by atoms with Crippen LogP contribution in [-0.4, -0.2) is 25.4 Å². The summed E-state index contributed by atoms with van der Waals surface area (Å²) in [6.45, 7) is 0. The normalized spacial score (nSPS) is 17.5. The fourth-order valence-electron chi connectivity index (χ4n) is 2.47. The van der Waals surface area contributed by atoms with Gasteiger partial charge in [0.25, 0.3) is 0 Å². The molecule has 0 spiro atoms. The molecule has 4 heteroatoms. The van der Waals surface area contributed by atoms with Crippen molar-refractivity contribution in [3.8, 4) is 5.75 Å². The summed E-state index contributed by atoms with van der Waals surface area (Å²) in [6.07, 6.45) is 3.40. The highest BCUT2D eigenvalue weighted by Gasteiger charge is 2.24. The number of ether oxygens (including phenoxy) is 2. The highest BCUT2D eigenvalue weighted by Crippen LogP contribution is 2.21. The first-order valence-corrected chi connectivity index (χ1v) is 7.16.